The number of nitrogens with one attached hydrogen (secondary N) is 2. The van der Waals surface area contributed by atoms with E-state index < -0.39 is 0 Å². The first kappa shape index (κ1) is 15.7. The highest BCUT2D eigenvalue weighted by molar-refractivity contribution is 5.99. The van der Waals surface area contributed by atoms with Crippen molar-refractivity contribution in [2.75, 3.05) is 26.4 Å². The van der Waals surface area contributed by atoms with Gasteiger partial charge in [-0.05, 0) is 32.3 Å². The van der Waals surface area contributed by atoms with Gasteiger partial charge in [0.15, 0.2) is 5.78 Å². The smallest absolute Gasteiger partial charge is 0.267 e. The van der Waals surface area contributed by atoms with E-state index in [0.717, 1.165) is 25.9 Å². The SMILES string of the molecule is CC(=O)c1c[nH]c(C(=O)NCCCOCC2CCCO2)c1. The summed E-state index contributed by atoms with van der Waals surface area (Å²) < 4.78 is 11.0. The number of aromatic amines is 1. The van der Waals surface area contributed by atoms with Crippen LogP contribution in [-0.2, 0) is 9.47 Å². The molecule has 0 spiro atoms. The van der Waals surface area contributed by atoms with Crippen molar-refractivity contribution in [3.63, 3.8) is 0 Å². The molecule has 0 bridgehead atoms. The van der Waals surface area contributed by atoms with E-state index in [1.54, 1.807) is 12.3 Å². The van der Waals surface area contributed by atoms with Gasteiger partial charge in [0.1, 0.15) is 5.69 Å². The Balaban J connectivity index is 1.57. The average Bonchev–Trinajstić information content (AvgIpc) is 3.13. The van der Waals surface area contributed by atoms with Gasteiger partial charge in [0.05, 0.1) is 12.7 Å². The monoisotopic (exact) mass is 294 g/mol. The number of H-pyrrole nitrogens is 1. The highest BCUT2D eigenvalue weighted by atomic mass is 16.5. The minimum atomic E-state index is -0.207. The molecule has 6 nitrogen and oxygen atoms in total. The number of hydrogen-bond donors (Lipinski definition) is 2. The normalized spacial score (nSPS) is 17.9. The van der Waals surface area contributed by atoms with Crippen molar-refractivity contribution < 1.29 is 19.1 Å². The molecule has 0 aromatic carbocycles. The molecule has 1 saturated heterocycles. The fraction of sp³-hybridized carbons (Fsp3) is 0.600. The fourth-order valence-electron chi connectivity index (χ4n) is 2.19. The lowest BCUT2D eigenvalue weighted by atomic mass is 10.2. The second-order valence-electron chi connectivity index (χ2n) is 5.18. The molecule has 2 heterocycles. The molecule has 0 aliphatic carbocycles. The molecule has 0 radical (unpaired) electrons. The number of ketones is 1. The number of ether oxygens (including phenoxy) is 2. The summed E-state index contributed by atoms with van der Waals surface area (Å²) in [7, 11) is 0. The van der Waals surface area contributed by atoms with Gasteiger partial charge in [-0.15, -0.1) is 0 Å². The van der Waals surface area contributed by atoms with Crippen LogP contribution in [0.3, 0.4) is 0 Å². The number of carbonyl (C=O) groups is 2. The predicted molar refractivity (Wildman–Crippen MR) is 77.5 cm³/mol. The number of carbonyl (C=O) groups excluding carboxylic acids is 2. The Kier molecular flexibility index (Phi) is 5.95. The van der Waals surface area contributed by atoms with Crippen molar-refractivity contribution in [1.82, 2.24) is 10.3 Å². The number of hydrogen-bond acceptors (Lipinski definition) is 4. The van der Waals surface area contributed by atoms with Crippen molar-refractivity contribution in [2.24, 2.45) is 0 Å². The largest absolute Gasteiger partial charge is 0.379 e. The third kappa shape index (κ3) is 4.99. The molecule has 1 aromatic heterocycles. The summed E-state index contributed by atoms with van der Waals surface area (Å²) in [6.45, 7) is 4.08. The standard InChI is InChI=1S/C15H22N2O4/c1-11(18)12-8-14(17-9-12)15(19)16-5-3-6-20-10-13-4-2-7-21-13/h8-9,13,17H,2-7,10H2,1H3,(H,16,19). The fourth-order valence-corrected chi connectivity index (χ4v) is 2.19. The maximum absolute atomic E-state index is 11.8. The summed E-state index contributed by atoms with van der Waals surface area (Å²) in [6.07, 6.45) is 4.72. The lowest BCUT2D eigenvalue weighted by molar-refractivity contribution is 0.0166. The van der Waals surface area contributed by atoms with Crippen LogP contribution >= 0.6 is 0 Å². The van der Waals surface area contributed by atoms with Gasteiger partial charge in [-0.1, -0.05) is 0 Å². The molecule has 21 heavy (non-hydrogen) atoms. The van der Waals surface area contributed by atoms with Crippen molar-refractivity contribution in [1.29, 1.82) is 0 Å². The molecule has 1 aromatic rings. The Bertz CT molecular complexity index is 478. The molecule has 1 aliphatic heterocycles. The predicted octanol–water partition coefficient (Wildman–Crippen LogP) is 1.53. The first-order valence-electron chi connectivity index (χ1n) is 7.33. The van der Waals surface area contributed by atoms with Crippen LogP contribution in [0, 0.1) is 0 Å². The van der Waals surface area contributed by atoms with Gasteiger partial charge in [-0.3, -0.25) is 9.59 Å². The van der Waals surface area contributed by atoms with Crippen molar-refractivity contribution in [3.8, 4) is 0 Å². The molecule has 116 valence electrons. The van der Waals surface area contributed by atoms with E-state index in [1.807, 2.05) is 0 Å². The first-order chi connectivity index (χ1) is 10.2. The Morgan fingerprint density at radius 1 is 1.52 bits per heavy atom. The van der Waals surface area contributed by atoms with E-state index in [4.69, 9.17) is 9.47 Å². The maximum Gasteiger partial charge on any atom is 0.267 e. The molecular formula is C15H22N2O4. The van der Waals surface area contributed by atoms with Crippen LogP contribution in [0.15, 0.2) is 12.3 Å². The van der Waals surface area contributed by atoms with Gasteiger partial charge in [0, 0.05) is 31.5 Å². The molecule has 6 heteroatoms. The summed E-state index contributed by atoms with van der Waals surface area (Å²) in [5.41, 5.74) is 0.917. The Labute approximate surface area is 124 Å². The van der Waals surface area contributed by atoms with Crippen LogP contribution in [0.5, 0.6) is 0 Å². The third-order valence-corrected chi connectivity index (χ3v) is 3.41. The maximum atomic E-state index is 11.8. The molecule has 1 amide bonds. The molecular weight excluding hydrogens is 272 g/mol. The van der Waals surface area contributed by atoms with Crippen LogP contribution < -0.4 is 5.32 Å². The summed E-state index contributed by atoms with van der Waals surface area (Å²) in [6, 6.07) is 1.56. The second kappa shape index (κ2) is 7.95. The Hall–Kier alpha value is -1.66. The summed E-state index contributed by atoms with van der Waals surface area (Å²) in [5.74, 6) is -0.269. The van der Waals surface area contributed by atoms with Gasteiger partial charge < -0.3 is 19.8 Å². The zero-order chi connectivity index (χ0) is 15.1. The van der Waals surface area contributed by atoms with Crippen LogP contribution in [0.25, 0.3) is 0 Å². The Morgan fingerprint density at radius 2 is 2.38 bits per heavy atom. The van der Waals surface area contributed by atoms with Gasteiger partial charge in [-0.2, -0.15) is 0 Å². The van der Waals surface area contributed by atoms with Crippen LogP contribution in [0.1, 0.15) is 47.0 Å². The van der Waals surface area contributed by atoms with E-state index in [0.29, 0.717) is 31.0 Å². The zero-order valence-electron chi connectivity index (χ0n) is 12.3. The van der Waals surface area contributed by atoms with E-state index in [-0.39, 0.29) is 17.8 Å². The van der Waals surface area contributed by atoms with Gasteiger partial charge in [0.2, 0.25) is 0 Å². The highest BCUT2D eigenvalue weighted by Gasteiger charge is 2.15. The topological polar surface area (TPSA) is 80.4 Å². The van der Waals surface area contributed by atoms with Gasteiger partial charge >= 0.3 is 0 Å². The molecule has 1 aliphatic rings. The number of rotatable bonds is 8. The quantitative estimate of drug-likeness (QED) is 0.563. The molecule has 2 N–H and O–H groups in total. The molecule has 1 fully saturated rings. The van der Waals surface area contributed by atoms with E-state index in [9.17, 15) is 9.59 Å². The van der Waals surface area contributed by atoms with Crippen LogP contribution in [-0.4, -0.2) is 49.1 Å². The lowest BCUT2D eigenvalue weighted by Gasteiger charge is -2.10. The molecule has 1 unspecified atom stereocenters. The summed E-state index contributed by atoms with van der Waals surface area (Å²) >= 11 is 0. The Morgan fingerprint density at radius 3 is 3.05 bits per heavy atom. The van der Waals surface area contributed by atoms with Crippen molar-refractivity contribution in [3.05, 3.63) is 23.5 Å². The van der Waals surface area contributed by atoms with E-state index in [1.165, 1.54) is 6.92 Å². The minimum absolute atomic E-state index is 0.0622. The number of aromatic nitrogens is 1. The second-order valence-corrected chi connectivity index (χ2v) is 5.18. The number of amides is 1. The zero-order valence-corrected chi connectivity index (χ0v) is 12.3. The first-order valence-corrected chi connectivity index (χ1v) is 7.33. The third-order valence-electron chi connectivity index (χ3n) is 3.41. The minimum Gasteiger partial charge on any atom is -0.379 e. The molecule has 1 atom stereocenters. The molecule has 0 saturated carbocycles. The number of Topliss-reactive ketones (excluding diaryl/α,β-unsaturated/α-hetero) is 1. The average molecular weight is 294 g/mol. The summed E-state index contributed by atoms with van der Waals surface area (Å²) in [5, 5.41) is 2.79. The van der Waals surface area contributed by atoms with Crippen LogP contribution in [0.4, 0.5) is 0 Å². The lowest BCUT2D eigenvalue weighted by Crippen LogP contribution is -2.26. The van der Waals surface area contributed by atoms with Crippen molar-refractivity contribution in [2.45, 2.75) is 32.3 Å². The van der Waals surface area contributed by atoms with Gasteiger partial charge in [-0.25, -0.2) is 0 Å². The van der Waals surface area contributed by atoms with E-state index >= 15 is 0 Å². The van der Waals surface area contributed by atoms with Crippen molar-refractivity contribution >= 4 is 11.7 Å². The molecule has 2 rings (SSSR count). The summed E-state index contributed by atoms with van der Waals surface area (Å²) in [4.78, 5) is 25.7. The van der Waals surface area contributed by atoms with E-state index in [2.05, 4.69) is 10.3 Å². The van der Waals surface area contributed by atoms with Gasteiger partial charge in [0.25, 0.3) is 5.91 Å². The van der Waals surface area contributed by atoms with Crippen LogP contribution in [0.2, 0.25) is 0 Å². The highest BCUT2D eigenvalue weighted by Crippen LogP contribution is 2.11.